The number of aliphatic hydroxyl groups excluding tert-OH is 2. The Labute approximate surface area is 539 Å². The zero-order chi connectivity index (χ0) is 62.0. The van der Waals surface area contributed by atoms with Gasteiger partial charge in [-0.15, -0.1) is 0 Å². The molecule has 0 rings (SSSR count). The van der Waals surface area contributed by atoms with E-state index in [-0.39, 0.29) is 18.5 Å². The van der Waals surface area contributed by atoms with Crippen LogP contribution in [0.5, 0.6) is 0 Å². The van der Waals surface area contributed by atoms with Crippen molar-refractivity contribution in [1.29, 1.82) is 0 Å². The smallest absolute Gasteiger partial charge is 0.305 e. The van der Waals surface area contributed by atoms with Crippen molar-refractivity contribution in [3.8, 4) is 0 Å². The summed E-state index contributed by atoms with van der Waals surface area (Å²) in [6, 6.07) is -0.539. The first kappa shape index (κ1) is 84.3. The van der Waals surface area contributed by atoms with Crippen LogP contribution in [-0.2, 0) is 14.3 Å². The number of carbonyl (C=O) groups is 2. The predicted molar refractivity (Wildman–Crippen MR) is 380 cm³/mol. The highest BCUT2D eigenvalue weighted by Crippen LogP contribution is 2.20. The number of nitrogens with one attached hydrogen (secondary N) is 1. The first-order valence-electron chi connectivity index (χ1n) is 39.6. The third-order valence-corrected chi connectivity index (χ3v) is 18.8. The minimum absolute atomic E-state index is 0.0237. The van der Waals surface area contributed by atoms with Gasteiger partial charge in [-0.05, 0) is 57.8 Å². The Morgan fingerprint density at radius 3 is 0.884 bits per heavy atom. The molecule has 6 heteroatoms. The standard InChI is InChI=1S/C80H155NO5/c1-3-5-7-9-11-13-15-17-19-41-46-50-54-58-62-66-70-74-80(85)86-75-71-67-63-59-55-51-47-43-40-38-36-34-32-30-28-26-24-22-20-21-23-25-27-29-31-33-35-37-39-42-45-49-53-57-61-65-69-73-79(84)81-77(76-82)78(83)72-68-64-60-56-52-48-44-18-16-14-12-10-8-6-4-2/h20,22,26,28,77-78,82-83H,3-19,21,23-25,27,29-76H2,1-2H3,(H,81,84)/b22-20-,28-26-. The normalized spacial score (nSPS) is 12.6. The van der Waals surface area contributed by atoms with E-state index in [1.54, 1.807) is 0 Å². The Morgan fingerprint density at radius 1 is 0.326 bits per heavy atom. The van der Waals surface area contributed by atoms with E-state index >= 15 is 0 Å². The molecule has 0 aromatic carbocycles. The molecule has 2 atom stereocenters. The molecule has 0 aliphatic rings. The van der Waals surface area contributed by atoms with Gasteiger partial charge in [-0.25, -0.2) is 0 Å². The van der Waals surface area contributed by atoms with Crippen molar-refractivity contribution in [2.75, 3.05) is 13.2 Å². The summed E-state index contributed by atoms with van der Waals surface area (Å²) in [4.78, 5) is 24.6. The molecule has 0 heterocycles. The van der Waals surface area contributed by atoms with Crippen molar-refractivity contribution in [3.63, 3.8) is 0 Å². The summed E-state index contributed by atoms with van der Waals surface area (Å²) in [6.45, 7) is 5.00. The third kappa shape index (κ3) is 71.4. The molecule has 86 heavy (non-hydrogen) atoms. The van der Waals surface area contributed by atoms with Crippen LogP contribution in [0.25, 0.3) is 0 Å². The van der Waals surface area contributed by atoms with Crippen molar-refractivity contribution in [2.24, 2.45) is 0 Å². The lowest BCUT2D eigenvalue weighted by molar-refractivity contribution is -0.143. The molecular weight excluding hydrogens is 1050 g/mol. The van der Waals surface area contributed by atoms with Gasteiger partial charge in [0.2, 0.25) is 5.91 Å². The molecule has 0 saturated heterocycles. The Bertz CT molecular complexity index is 1350. The number of rotatable bonds is 75. The quantitative estimate of drug-likeness (QED) is 0.0320. The first-order chi connectivity index (χ1) is 42.5. The van der Waals surface area contributed by atoms with Crippen molar-refractivity contribution in [3.05, 3.63) is 24.3 Å². The van der Waals surface area contributed by atoms with Crippen LogP contribution in [-0.4, -0.2) is 47.4 Å². The van der Waals surface area contributed by atoms with Crippen LogP contribution >= 0.6 is 0 Å². The molecule has 6 nitrogen and oxygen atoms in total. The zero-order valence-corrected chi connectivity index (χ0v) is 58.6. The molecule has 0 aromatic rings. The van der Waals surface area contributed by atoms with Crippen LogP contribution in [0, 0.1) is 0 Å². The number of aliphatic hydroxyl groups is 2. The number of esters is 1. The highest BCUT2D eigenvalue weighted by atomic mass is 16.5. The lowest BCUT2D eigenvalue weighted by atomic mass is 10.0. The van der Waals surface area contributed by atoms with Crippen LogP contribution in [0.1, 0.15) is 450 Å². The molecular formula is C80H155NO5. The lowest BCUT2D eigenvalue weighted by Crippen LogP contribution is -2.45. The highest BCUT2D eigenvalue weighted by Gasteiger charge is 2.20. The number of unbranched alkanes of at least 4 members (excludes halogenated alkanes) is 60. The Hall–Kier alpha value is -1.66. The average Bonchev–Trinajstić information content (AvgIpc) is 3.55. The first-order valence-corrected chi connectivity index (χ1v) is 39.6. The van der Waals surface area contributed by atoms with Gasteiger partial charge in [-0.1, -0.05) is 404 Å². The van der Waals surface area contributed by atoms with Gasteiger partial charge in [0.25, 0.3) is 0 Å². The summed E-state index contributed by atoms with van der Waals surface area (Å²) in [6.07, 6.45) is 97.0. The van der Waals surface area contributed by atoms with Gasteiger partial charge >= 0.3 is 5.97 Å². The van der Waals surface area contributed by atoms with E-state index in [0.717, 1.165) is 44.9 Å². The molecule has 0 spiro atoms. The van der Waals surface area contributed by atoms with E-state index in [9.17, 15) is 19.8 Å². The molecule has 0 aromatic heterocycles. The van der Waals surface area contributed by atoms with Gasteiger partial charge in [0.05, 0.1) is 25.4 Å². The van der Waals surface area contributed by atoms with Crippen molar-refractivity contribution < 1.29 is 24.5 Å². The van der Waals surface area contributed by atoms with Crippen LogP contribution in [0.3, 0.4) is 0 Å². The maximum atomic E-state index is 12.5. The zero-order valence-electron chi connectivity index (χ0n) is 58.6. The van der Waals surface area contributed by atoms with Crippen molar-refractivity contribution in [2.45, 2.75) is 463 Å². The number of ether oxygens (including phenoxy) is 1. The van der Waals surface area contributed by atoms with Crippen molar-refractivity contribution >= 4 is 11.9 Å². The van der Waals surface area contributed by atoms with Gasteiger partial charge < -0.3 is 20.3 Å². The third-order valence-electron chi connectivity index (χ3n) is 18.8. The molecule has 0 saturated carbocycles. The van der Waals surface area contributed by atoms with Crippen LogP contribution < -0.4 is 5.32 Å². The second kappa shape index (κ2) is 75.8. The maximum Gasteiger partial charge on any atom is 0.305 e. The van der Waals surface area contributed by atoms with E-state index in [2.05, 4.69) is 43.5 Å². The van der Waals surface area contributed by atoms with Crippen LogP contribution in [0.4, 0.5) is 0 Å². The summed E-state index contributed by atoms with van der Waals surface area (Å²) in [7, 11) is 0. The molecule has 0 aliphatic carbocycles. The minimum Gasteiger partial charge on any atom is -0.466 e. The van der Waals surface area contributed by atoms with Gasteiger partial charge in [0.1, 0.15) is 0 Å². The molecule has 0 fully saturated rings. The molecule has 0 aliphatic heterocycles. The second-order valence-corrected chi connectivity index (χ2v) is 27.4. The van der Waals surface area contributed by atoms with E-state index < -0.39 is 12.1 Å². The van der Waals surface area contributed by atoms with E-state index in [1.807, 2.05) is 0 Å². The summed E-state index contributed by atoms with van der Waals surface area (Å²) >= 11 is 0. The Morgan fingerprint density at radius 2 is 0.581 bits per heavy atom. The Balaban J connectivity index is 3.34. The fourth-order valence-electron chi connectivity index (χ4n) is 12.7. The Kier molecular flexibility index (Phi) is 74.3. The summed E-state index contributed by atoms with van der Waals surface area (Å²) in [5.41, 5.74) is 0. The van der Waals surface area contributed by atoms with Crippen molar-refractivity contribution in [1.82, 2.24) is 5.32 Å². The monoisotopic (exact) mass is 1210 g/mol. The second-order valence-electron chi connectivity index (χ2n) is 27.4. The molecule has 2 unspecified atom stereocenters. The van der Waals surface area contributed by atoms with E-state index in [1.165, 1.54) is 372 Å². The topological polar surface area (TPSA) is 95.9 Å². The summed E-state index contributed by atoms with van der Waals surface area (Å²) in [5, 5.41) is 23.4. The number of allylic oxidation sites excluding steroid dienone is 4. The predicted octanol–water partition coefficient (Wildman–Crippen LogP) is 26.0. The minimum atomic E-state index is -0.662. The van der Waals surface area contributed by atoms with Gasteiger partial charge in [0.15, 0.2) is 0 Å². The SMILES string of the molecule is CCCCCCCCCCCCCCCCCCCC(=O)OCCCCCCCCCCCCCCC/C=C\C/C=C\CCCCCCCCCCCCCCCCCCCC(=O)NC(CO)C(O)CCCCCCCCCCCCCCCCC. The number of hydrogen-bond acceptors (Lipinski definition) is 5. The summed E-state index contributed by atoms with van der Waals surface area (Å²) < 4.78 is 5.51. The molecule has 3 N–H and O–H groups in total. The number of amides is 1. The fraction of sp³-hybridized carbons (Fsp3) is 0.925. The molecule has 1 amide bonds. The maximum absolute atomic E-state index is 12.5. The van der Waals surface area contributed by atoms with E-state index in [0.29, 0.717) is 25.9 Å². The largest absolute Gasteiger partial charge is 0.466 e. The van der Waals surface area contributed by atoms with Gasteiger partial charge in [-0.2, -0.15) is 0 Å². The van der Waals surface area contributed by atoms with E-state index in [4.69, 9.17) is 4.74 Å². The summed E-state index contributed by atoms with van der Waals surface area (Å²) in [5.74, 6) is -0.00506. The lowest BCUT2D eigenvalue weighted by Gasteiger charge is -2.22. The highest BCUT2D eigenvalue weighted by molar-refractivity contribution is 5.76. The van der Waals surface area contributed by atoms with Gasteiger partial charge in [0, 0.05) is 12.8 Å². The van der Waals surface area contributed by atoms with Gasteiger partial charge in [-0.3, -0.25) is 9.59 Å². The van der Waals surface area contributed by atoms with Crippen LogP contribution in [0.15, 0.2) is 24.3 Å². The molecule has 0 bridgehead atoms. The molecule has 0 radical (unpaired) electrons. The molecule has 510 valence electrons. The average molecular weight is 1210 g/mol. The number of hydrogen-bond donors (Lipinski definition) is 3. The van der Waals surface area contributed by atoms with Crippen LogP contribution in [0.2, 0.25) is 0 Å². The number of carbonyl (C=O) groups excluding carboxylic acids is 2. The fourth-order valence-corrected chi connectivity index (χ4v) is 12.7.